The third kappa shape index (κ3) is 8.02. The molecular formula is C36H47N5O4. The zero-order chi connectivity index (χ0) is 31.9. The highest BCUT2D eigenvalue weighted by molar-refractivity contribution is 5.95. The Morgan fingerprint density at radius 3 is 2.38 bits per heavy atom. The van der Waals surface area contributed by atoms with E-state index in [4.69, 9.17) is 10.5 Å². The Morgan fingerprint density at radius 2 is 1.71 bits per heavy atom. The maximum Gasteiger partial charge on any atom is 0.335 e. The van der Waals surface area contributed by atoms with Gasteiger partial charge in [-0.1, -0.05) is 48.5 Å². The van der Waals surface area contributed by atoms with E-state index in [2.05, 4.69) is 53.0 Å². The lowest BCUT2D eigenvalue weighted by Gasteiger charge is -2.37. The van der Waals surface area contributed by atoms with Crippen molar-refractivity contribution >= 4 is 18.2 Å². The standard InChI is InChI=1S/C36H47N5O4/c1-24-7-9-28(10-8-24)33-6-4-5-32(45-33)21-38-26(3)25(2)34(39-23-37)35(42)40-19-16-31(17-20-40)41-18-15-30(22-41)27-11-13-29(14-12-27)36(43)44/h7-14,23,30-33,38H,3-6,15-22H2,1-2H3,(H2,37,39)(H,43,44)/b34-25-. The topological polar surface area (TPSA) is 120 Å². The molecule has 2 aromatic rings. The van der Waals surface area contributed by atoms with Gasteiger partial charge >= 0.3 is 5.97 Å². The Hall–Kier alpha value is -3.95. The summed E-state index contributed by atoms with van der Waals surface area (Å²) in [7, 11) is 0. The number of allylic oxidation sites excluding steroid dienone is 1. The van der Waals surface area contributed by atoms with E-state index in [1.165, 1.54) is 23.0 Å². The summed E-state index contributed by atoms with van der Waals surface area (Å²) in [5.74, 6) is -0.625. The molecule has 1 amide bonds. The van der Waals surface area contributed by atoms with Crippen LogP contribution >= 0.6 is 0 Å². The van der Waals surface area contributed by atoms with E-state index < -0.39 is 5.97 Å². The molecule has 0 aromatic heterocycles. The van der Waals surface area contributed by atoms with Crippen LogP contribution in [-0.2, 0) is 9.53 Å². The molecule has 9 heteroatoms. The number of nitrogens with two attached hydrogens (primary N) is 1. The van der Waals surface area contributed by atoms with Crippen LogP contribution < -0.4 is 11.1 Å². The molecule has 0 bridgehead atoms. The molecule has 0 radical (unpaired) electrons. The van der Waals surface area contributed by atoms with Gasteiger partial charge in [-0.2, -0.15) is 0 Å². The van der Waals surface area contributed by atoms with E-state index in [1.807, 2.05) is 24.0 Å². The van der Waals surface area contributed by atoms with Crippen molar-refractivity contribution in [3.8, 4) is 0 Å². The first-order valence-corrected chi connectivity index (χ1v) is 16.2. The first-order chi connectivity index (χ1) is 21.7. The number of ether oxygens (including phenoxy) is 1. The summed E-state index contributed by atoms with van der Waals surface area (Å²) in [4.78, 5) is 33.6. The summed E-state index contributed by atoms with van der Waals surface area (Å²) in [5.41, 5.74) is 11.3. The van der Waals surface area contributed by atoms with Gasteiger partial charge in [-0.15, -0.1) is 0 Å². The molecule has 5 rings (SSSR count). The molecule has 4 N–H and O–H groups in total. The molecule has 3 atom stereocenters. The van der Waals surface area contributed by atoms with Gasteiger partial charge in [-0.05, 0) is 88.1 Å². The van der Waals surface area contributed by atoms with Crippen LogP contribution in [0.4, 0.5) is 0 Å². The smallest absolute Gasteiger partial charge is 0.335 e. The highest BCUT2D eigenvalue weighted by Gasteiger charge is 2.33. The number of carbonyl (C=O) groups is 2. The first-order valence-electron chi connectivity index (χ1n) is 16.2. The van der Waals surface area contributed by atoms with Gasteiger partial charge < -0.3 is 25.8 Å². The third-order valence-corrected chi connectivity index (χ3v) is 9.67. The summed E-state index contributed by atoms with van der Waals surface area (Å²) in [6, 6.07) is 16.3. The minimum Gasteiger partial charge on any atom is -0.478 e. The second-order valence-corrected chi connectivity index (χ2v) is 12.6. The summed E-state index contributed by atoms with van der Waals surface area (Å²) in [5, 5.41) is 12.6. The van der Waals surface area contributed by atoms with Crippen LogP contribution in [0, 0.1) is 6.92 Å². The summed E-state index contributed by atoms with van der Waals surface area (Å²) >= 11 is 0. The van der Waals surface area contributed by atoms with E-state index >= 15 is 0 Å². The molecule has 9 nitrogen and oxygen atoms in total. The Bertz CT molecular complexity index is 1410. The molecule has 3 saturated heterocycles. The van der Waals surface area contributed by atoms with E-state index in [-0.39, 0.29) is 18.1 Å². The number of hydrogen-bond acceptors (Lipinski definition) is 6. The molecule has 2 aromatic carbocycles. The molecule has 3 heterocycles. The van der Waals surface area contributed by atoms with Crippen molar-refractivity contribution in [3.05, 3.63) is 94.3 Å². The van der Waals surface area contributed by atoms with Crippen molar-refractivity contribution in [3.63, 3.8) is 0 Å². The van der Waals surface area contributed by atoms with E-state index in [9.17, 15) is 14.7 Å². The first kappa shape index (κ1) is 32.4. The van der Waals surface area contributed by atoms with Gasteiger partial charge in [0.2, 0.25) is 0 Å². The Labute approximate surface area is 266 Å². The predicted octanol–water partition coefficient (Wildman–Crippen LogP) is 5.15. The highest BCUT2D eigenvalue weighted by Crippen LogP contribution is 2.33. The van der Waals surface area contributed by atoms with Gasteiger partial charge in [-0.3, -0.25) is 9.69 Å². The number of rotatable bonds is 10. The van der Waals surface area contributed by atoms with Crippen LogP contribution in [0.2, 0.25) is 0 Å². The van der Waals surface area contributed by atoms with Crippen molar-refractivity contribution in [2.45, 2.75) is 76.5 Å². The normalized spacial score (nSPS) is 23.6. The number of aryl methyl sites for hydroxylation is 1. The number of hydrogen-bond donors (Lipinski definition) is 3. The van der Waals surface area contributed by atoms with Crippen LogP contribution in [-0.4, -0.2) is 78.0 Å². The fourth-order valence-electron chi connectivity index (χ4n) is 6.85. The van der Waals surface area contributed by atoms with Gasteiger partial charge in [-0.25, -0.2) is 9.79 Å². The monoisotopic (exact) mass is 613 g/mol. The third-order valence-electron chi connectivity index (χ3n) is 9.67. The van der Waals surface area contributed by atoms with Crippen LogP contribution in [0.15, 0.2) is 77.1 Å². The van der Waals surface area contributed by atoms with Crippen molar-refractivity contribution in [1.82, 2.24) is 15.1 Å². The average molecular weight is 614 g/mol. The summed E-state index contributed by atoms with van der Waals surface area (Å²) in [6.45, 7) is 12.1. The second-order valence-electron chi connectivity index (χ2n) is 12.6. The van der Waals surface area contributed by atoms with E-state index in [0.717, 1.165) is 51.6 Å². The van der Waals surface area contributed by atoms with E-state index in [0.29, 0.717) is 54.1 Å². The van der Waals surface area contributed by atoms with Gasteiger partial charge in [0.25, 0.3) is 5.91 Å². The molecular weight excluding hydrogens is 566 g/mol. The number of nitrogens with one attached hydrogen (secondary N) is 1. The molecule has 3 aliphatic heterocycles. The van der Waals surface area contributed by atoms with Gasteiger partial charge in [0.05, 0.1) is 24.1 Å². The number of aliphatic imine (C=N–C) groups is 1. The molecule has 3 fully saturated rings. The molecule has 3 aliphatic rings. The minimum atomic E-state index is -0.900. The zero-order valence-corrected chi connectivity index (χ0v) is 26.6. The fourth-order valence-corrected chi connectivity index (χ4v) is 6.85. The Balaban J connectivity index is 1.12. The van der Waals surface area contributed by atoms with Gasteiger partial charge in [0, 0.05) is 43.5 Å². The summed E-state index contributed by atoms with van der Waals surface area (Å²) < 4.78 is 6.42. The van der Waals surface area contributed by atoms with Gasteiger partial charge in [0.15, 0.2) is 0 Å². The quantitative estimate of drug-likeness (QED) is 0.147. The SMILES string of the molecule is C=C(NCC1CCCC(c2ccc(C)cc2)O1)/C(C)=C(\N=CN)C(=O)N1CCC(N2CCC(c3ccc(C(=O)O)cc3)C2)CC1. The van der Waals surface area contributed by atoms with Crippen molar-refractivity contribution < 1.29 is 19.4 Å². The number of carbonyl (C=O) groups excluding carboxylic acids is 1. The number of piperidine rings is 1. The van der Waals surface area contributed by atoms with Crippen molar-refractivity contribution in [1.29, 1.82) is 0 Å². The molecule has 0 saturated carbocycles. The van der Waals surface area contributed by atoms with Crippen LogP contribution in [0.5, 0.6) is 0 Å². The zero-order valence-electron chi connectivity index (χ0n) is 26.6. The lowest BCUT2D eigenvalue weighted by atomic mass is 9.97. The highest BCUT2D eigenvalue weighted by atomic mass is 16.5. The van der Waals surface area contributed by atoms with Crippen LogP contribution in [0.3, 0.4) is 0 Å². The Kier molecular flexibility index (Phi) is 10.7. The number of likely N-dealkylation sites (tertiary alicyclic amines) is 2. The van der Waals surface area contributed by atoms with Crippen LogP contribution in [0.1, 0.15) is 84.5 Å². The lowest BCUT2D eigenvalue weighted by Crippen LogP contribution is -2.46. The maximum absolute atomic E-state index is 13.7. The van der Waals surface area contributed by atoms with E-state index in [1.54, 1.807) is 12.1 Å². The molecule has 0 aliphatic carbocycles. The number of carboxylic acid groups (broad SMARTS) is 1. The molecule has 45 heavy (non-hydrogen) atoms. The van der Waals surface area contributed by atoms with Crippen molar-refractivity contribution in [2.75, 3.05) is 32.7 Å². The predicted molar refractivity (Wildman–Crippen MR) is 177 cm³/mol. The number of benzene rings is 2. The maximum atomic E-state index is 13.7. The van der Waals surface area contributed by atoms with Crippen molar-refractivity contribution in [2.24, 2.45) is 10.7 Å². The number of carboxylic acids is 1. The largest absolute Gasteiger partial charge is 0.478 e. The van der Waals surface area contributed by atoms with Gasteiger partial charge in [0.1, 0.15) is 5.70 Å². The molecule has 0 spiro atoms. The number of nitrogens with zero attached hydrogens (tertiary/aromatic N) is 3. The number of amides is 1. The minimum absolute atomic E-state index is 0.0556. The molecule has 3 unspecified atom stereocenters. The molecule has 240 valence electrons. The fraction of sp³-hybridized carbons (Fsp3) is 0.472. The van der Waals surface area contributed by atoms with Crippen LogP contribution in [0.25, 0.3) is 0 Å². The average Bonchev–Trinajstić information content (AvgIpc) is 3.57. The lowest BCUT2D eigenvalue weighted by molar-refractivity contribution is -0.128. The summed E-state index contributed by atoms with van der Waals surface area (Å²) in [6.07, 6.45) is 7.26. The Morgan fingerprint density at radius 1 is 1.02 bits per heavy atom. The second kappa shape index (κ2) is 14.9. The number of aromatic carboxylic acids is 1.